The minimum absolute atomic E-state index is 0.331. The van der Waals surface area contributed by atoms with E-state index in [0.29, 0.717) is 16.7 Å². The third-order valence-corrected chi connectivity index (χ3v) is 4.52. The molecule has 2 rings (SSSR count). The maximum atomic E-state index is 6.04. The van der Waals surface area contributed by atoms with Crippen LogP contribution in [0.4, 0.5) is 0 Å². The molecule has 0 spiro atoms. The summed E-state index contributed by atoms with van der Waals surface area (Å²) in [6.07, 6.45) is 0. The van der Waals surface area contributed by atoms with Crippen LogP contribution in [-0.4, -0.2) is 18.5 Å². The van der Waals surface area contributed by atoms with Gasteiger partial charge in [0.05, 0.1) is 21.5 Å². The van der Waals surface area contributed by atoms with E-state index in [1.807, 2.05) is 45.0 Å². The Hall–Kier alpha value is -2.04. The minimum atomic E-state index is 0.331. The Morgan fingerprint density at radius 2 is 1.76 bits per heavy atom. The van der Waals surface area contributed by atoms with Gasteiger partial charge in [0, 0.05) is 16.7 Å². The van der Waals surface area contributed by atoms with Gasteiger partial charge in [-0.15, -0.1) is 0 Å². The van der Waals surface area contributed by atoms with Gasteiger partial charge in [-0.1, -0.05) is 57.8 Å². The fraction of sp³-hybridized carbons (Fsp3) is 0.263. The zero-order chi connectivity index (χ0) is 18.4. The summed E-state index contributed by atoms with van der Waals surface area (Å²) < 4.78 is 0. The van der Waals surface area contributed by atoms with Crippen molar-refractivity contribution < 1.29 is 9.68 Å². The minimum Gasteiger partial charge on any atom is -0.399 e. The number of rotatable bonds is 6. The van der Waals surface area contributed by atoms with E-state index in [1.165, 1.54) is 7.11 Å². The van der Waals surface area contributed by atoms with Gasteiger partial charge >= 0.3 is 0 Å². The van der Waals surface area contributed by atoms with Crippen LogP contribution in [0.25, 0.3) is 0 Å². The average molecular weight is 379 g/mol. The molecule has 0 saturated heterocycles. The number of hydrogen-bond acceptors (Lipinski definition) is 4. The largest absolute Gasteiger partial charge is 0.399 e. The number of nitrogens with zero attached hydrogens (tertiary/aromatic N) is 2. The lowest BCUT2D eigenvalue weighted by Crippen LogP contribution is -2.05. The molecule has 0 saturated carbocycles. The second kappa shape index (κ2) is 8.88. The van der Waals surface area contributed by atoms with Gasteiger partial charge in [-0.05, 0) is 38.5 Å². The highest BCUT2D eigenvalue weighted by Gasteiger charge is 2.10. The van der Waals surface area contributed by atoms with Gasteiger partial charge in [0.2, 0.25) is 0 Å². The summed E-state index contributed by atoms with van der Waals surface area (Å²) >= 11 is 12.0. The van der Waals surface area contributed by atoms with Crippen molar-refractivity contribution in [1.29, 1.82) is 0 Å². The van der Waals surface area contributed by atoms with E-state index in [0.717, 1.165) is 33.7 Å². The molecule has 0 bridgehead atoms. The first-order valence-corrected chi connectivity index (χ1v) is 8.48. The summed E-state index contributed by atoms with van der Waals surface area (Å²) in [4.78, 5) is 10.4. The van der Waals surface area contributed by atoms with E-state index < -0.39 is 0 Å². The van der Waals surface area contributed by atoms with Gasteiger partial charge in [-0.25, -0.2) is 0 Å². The summed E-state index contributed by atoms with van der Waals surface area (Å²) in [5.74, 6) is 0. The first kappa shape index (κ1) is 19.3. The van der Waals surface area contributed by atoms with Crippen molar-refractivity contribution in [3.05, 3.63) is 68.7 Å². The van der Waals surface area contributed by atoms with E-state index in [1.54, 1.807) is 12.1 Å². The topological polar surface area (TPSA) is 43.2 Å². The normalized spacial score (nSPS) is 12.2. The van der Waals surface area contributed by atoms with Crippen molar-refractivity contribution in [2.45, 2.75) is 27.4 Å². The van der Waals surface area contributed by atoms with Crippen LogP contribution < -0.4 is 0 Å². The third-order valence-electron chi connectivity index (χ3n) is 3.78. The molecule has 6 heteroatoms. The first-order chi connectivity index (χ1) is 11.9. The highest BCUT2D eigenvalue weighted by Crippen LogP contribution is 2.23. The lowest BCUT2D eigenvalue weighted by molar-refractivity contribution is 0.130. The molecule has 2 aromatic rings. The molecular formula is C19H20Cl2N2O2. The highest BCUT2D eigenvalue weighted by atomic mass is 35.5. The van der Waals surface area contributed by atoms with E-state index in [9.17, 15) is 0 Å². The Balaban J connectivity index is 2.18. The number of halogens is 2. The van der Waals surface area contributed by atoms with Gasteiger partial charge in [0.25, 0.3) is 0 Å². The Kier molecular flexibility index (Phi) is 6.85. The van der Waals surface area contributed by atoms with Crippen LogP contribution in [0.15, 0.2) is 46.7 Å². The molecule has 0 aliphatic rings. The van der Waals surface area contributed by atoms with Crippen molar-refractivity contribution >= 4 is 34.6 Å². The maximum Gasteiger partial charge on any atom is 0.143 e. The number of hydrogen-bond donors (Lipinski definition) is 0. The Morgan fingerprint density at radius 1 is 1.00 bits per heavy atom. The second-order valence-corrected chi connectivity index (χ2v) is 6.35. The number of oxime groups is 2. The fourth-order valence-electron chi connectivity index (χ4n) is 2.39. The third kappa shape index (κ3) is 4.97. The van der Waals surface area contributed by atoms with E-state index >= 15 is 0 Å². The fourth-order valence-corrected chi connectivity index (χ4v) is 2.68. The summed E-state index contributed by atoms with van der Waals surface area (Å²) in [5, 5.41) is 9.19. The van der Waals surface area contributed by atoms with Gasteiger partial charge in [0.1, 0.15) is 13.7 Å². The zero-order valence-electron chi connectivity index (χ0n) is 14.6. The molecule has 25 heavy (non-hydrogen) atoms. The van der Waals surface area contributed by atoms with Gasteiger partial charge in [0.15, 0.2) is 0 Å². The molecule has 0 atom stereocenters. The molecule has 0 unspecified atom stereocenters. The van der Waals surface area contributed by atoms with Crippen molar-refractivity contribution in [2.75, 3.05) is 7.11 Å². The number of aryl methyl sites for hydroxylation is 1. The molecule has 0 amide bonds. The molecular weight excluding hydrogens is 359 g/mol. The zero-order valence-corrected chi connectivity index (χ0v) is 16.1. The molecule has 132 valence electrons. The predicted molar refractivity (Wildman–Crippen MR) is 104 cm³/mol. The van der Waals surface area contributed by atoms with Crippen molar-refractivity contribution in [2.24, 2.45) is 10.3 Å². The van der Waals surface area contributed by atoms with E-state index in [2.05, 4.69) is 10.3 Å². The van der Waals surface area contributed by atoms with E-state index in [4.69, 9.17) is 32.9 Å². The average Bonchev–Trinajstić information content (AvgIpc) is 2.58. The van der Waals surface area contributed by atoms with E-state index in [-0.39, 0.29) is 0 Å². The summed E-state index contributed by atoms with van der Waals surface area (Å²) in [6, 6.07) is 11.3. The lowest BCUT2D eigenvalue weighted by atomic mass is 10.00. The van der Waals surface area contributed by atoms with Crippen molar-refractivity contribution in [1.82, 2.24) is 0 Å². The summed E-state index contributed by atoms with van der Waals surface area (Å²) in [7, 11) is 1.53. The first-order valence-electron chi connectivity index (χ1n) is 7.72. The van der Waals surface area contributed by atoms with Gasteiger partial charge in [-0.2, -0.15) is 0 Å². The van der Waals surface area contributed by atoms with Crippen LogP contribution in [0.2, 0.25) is 10.0 Å². The standard InChI is InChI=1S/C19H20Cl2N2O2/c1-12-6-5-7-16(14(3)22-24-4)17(12)11-25-23-13(2)15-8-9-18(20)19(21)10-15/h5-10H,11H2,1-4H3/b22-14-,23-13+. The Labute approximate surface area is 158 Å². The van der Waals surface area contributed by atoms with Gasteiger partial charge in [-0.3, -0.25) is 0 Å². The summed E-state index contributed by atoms with van der Waals surface area (Å²) in [6.45, 7) is 6.11. The van der Waals surface area contributed by atoms with Crippen molar-refractivity contribution in [3.63, 3.8) is 0 Å². The highest BCUT2D eigenvalue weighted by molar-refractivity contribution is 6.42. The number of benzene rings is 2. The van der Waals surface area contributed by atoms with Crippen LogP contribution in [-0.2, 0) is 16.3 Å². The molecule has 0 aromatic heterocycles. The SMILES string of the molecule is CO/N=C(/C)c1cccc(C)c1CO/N=C(\C)c1ccc(Cl)c(Cl)c1. The second-order valence-electron chi connectivity index (χ2n) is 5.54. The molecule has 2 aromatic carbocycles. The molecule has 0 aliphatic carbocycles. The quantitative estimate of drug-likeness (QED) is 0.483. The predicted octanol–water partition coefficient (Wildman–Crippen LogP) is 5.61. The van der Waals surface area contributed by atoms with Crippen LogP contribution in [0.5, 0.6) is 0 Å². The van der Waals surface area contributed by atoms with Gasteiger partial charge < -0.3 is 9.68 Å². The Morgan fingerprint density at radius 3 is 2.44 bits per heavy atom. The lowest BCUT2D eigenvalue weighted by Gasteiger charge is -2.11. The Bertz CT molecular complexity index is 817. The summed E-state index contributed by atoms with van der Waals surface area (Å²) in [5.41, 5.74) is 5.46. The maximum absolute atomic E-state index is 6.04. The molecule has 4 nitrogen and oxygen atoms in total. The molecule has 0 radical (unpaired) electrons. The van der Waals surface area contributed by atoms with Crippen LogP contribution in [0.1, 0.15) is 36.1 Å². The molecule has 0 N–H and O–H groups in total. The smallest absolute Gasteiger partial charge is 0.143 e. The van der Waals surface area contributed by atoms with Crippen molar-refractivity contribution in [3.8, 4) is 0 Å². The van der Waals surface area contributed by atoms with Crippen LogP contribution >= 0.6 is 23.2 Å². The molecule has 0 aliphatic heterocycles. The van der Waals surface area contributed by atoms with Crippen LogP contribution in [0.3, 0.4) is 0 Å². The monoisotopic (exact) mass is 378 g/mol. The van der Waals surface area contributed by atoms with Crippen LogP contribution in [0, 0.1) is 6.92 Å². The molecule has 0 fully saturated rings. The molecule has 0 heterocycles.